The second-order valence-corrected chi connectivity index (χ2v) is 10.1. The molecular weight excluding hydrogens is 350 g/mol. The van der Waals surface area contributed by atoms with Crippen LogP contribution >= 0.6 is 0 Å². The number of guanidine groups is 1. The van der Waals surface area contributed by atoms with Crippen molar-refractivity contribution in [3.05, 3.63) is 29.6 Å². The quantitative estimate of drug-likeness (QED) is 0.629. The topological polar surface area (TPSA) is 90.4 Å². The molecule has 0 saturated carbocycles. The van der Waals surface area contributed by atoms with E-state index in [0.29, 0.717) is 19.6 Å². The summed E-state index contributed by atoms with van der Waals surface area (Å²) in [5, 5.41) is 3.27. The fourth-order valence-electron chi connectivity index (χ4n) is 3.15. The maximum atomic E-state index is 12.2. The van der Waals surface area contributed by atoms with Gasteiger partial charge in [0.1, 0.15) is 12.4 Å². The van der Waals surface area contributed by atoms with E-state index in [9.17, 15) is 8.42 Å². The molecule has 2 N–H and O–H groups in total. The molecule has 8 heteroatoms. The molecular formula is C18H27N5O2S. The molecule has 0 radical (unpaired) electrons. The zero-order chi connectivity index (χ0) is 18.9. The van der Waals surface area contributed by atoms with E-state index in [1.54, 1.807) is 13.8 Å². The van der Waals surface area contributed by atoms with Crippen molar-refractivity contribution in [1.82, 2.24) is 20.2 Å². The Labute approximate surface area is 154 Å². The number of imidazole rings is 1. The molecule has 1 aliphatic heterocycles. The van der Waals surface area contributed by atoms with Gasteiger partial charge in [-0.15, -0.1) is 0 Å². The molecule has 7 nitrogen and oxygen atoms in total. The van der Waals surface area contributed by atoms with E-state index in [-0.39, 0.29) is 5.75 Å². The van der Waals surface area contributed by atoms with Gasteiger partial charge in [-0.1, -0.05) is 6.07 Å². The molecule has 0 unspecified atom stereocenters. The minimum Gasteiger partial charge on any atom is -0.357 e. The molecule has 1 aliphatic rings. The smallest absolute Gasteiger partial charge is 0.194 e. The summed E-state index contributed by atoms with van der Waals surface area (Å²) in [6.07, 6.45) is 0. The number of sulfone groups is 1. The van der Waals surface area contributed by atoms with Crippen molar-refractivity contribution in [2.24, 2.45) is 4.99 Å². The van der Waals surface area contributed by atoms with Crippen LogP contribution in [0.1, 0.15) is 32.2 Å². The van der Waals surface area contributed by atoms with Crippen molar-refractivity contribution >= 4 is 26.8 Å². The molecule has 0 aliphatic carbocycles. The van der Waals surface area contributed by atoms with Crippen LogP contribution in [0.5, 0.6) is 0 Å². The van der Waals surface area contributed by atoms with E-state index in [2.05, 4.69) is 26.3 Å². The highest BCUT2D eigenvalue weighted by Gasteiger charge is 2.40. The van der Waals surface area contributed by atoms with Crippen LogP contribution in [0.2, 0.25) is 0 Å². The third kappa shape index (κ3) is 3.70. The molecule has 1 saturated heterocycles. The molecule has 0 atom stereocenters. The number of hydrogen-bond acceptors (Lipinski definition) is 4. The fraction of sp³-hybridized carbons (Fsp3) is 0.556. The molecule has 26 heavy (non-hydrogen) atoms. The Kier molecular flexibility index (Phi) is 4.96. The number of aromatic amines is 1. The molecule has 2 heterocycles. The number of aryl methyl sites for hydroxylation is 1. The lowest BCUT2D eigenvalue weighted by atomic mass is 10.2. The molecule has 0 spiro atoms. The highest BCUT2D eigenvalue weighted by molar-refractivity contribution is 7.92. The maximum Gasteiger partial charge on any atom is 0.194 e. The molecule has 0 amide bonds. The second kappa shape index (κ2) is 6.90. The minimum absolute atomic E-state index is 0.147. The van der Waals surface area contributed by atoms with Crippen LogP contribution in [0.25, 0.3) is 11.0 Å². The van der Waals surface area contributed by atoms with Crippen molar-refractivity contribution in [2.75, 3.05) is 25.4 Å². The van der Waals surface area contributed by atoms with Crippen molar-refractivity contribution < 1.29 is 8.42 Å². The number of nitrogens with zero attached hydrogens (tertiary/aromatic N) is 3. The van der Waals surface area contributed by atoms with Gasteiger partial charge in [0.25, 0.3) is 0 Å². The minimum atomic E-state index is -3.07. The molecule has 0 bridgehead atoms. The third-order valence-corrected chi connectivity index (χ3v) is 7.28. The first-order chi connectivity index (χ1) is 12.2. The lowest BCUT2D eigenvalue weighted by Gasteiger charge is -2.39. The lowest BCUT2D eigenvalue weighted by molar-refractivity contribution is 0.353. The van der Waals surface area contributed by atoms with Gasteiger partial charge in [0.15, 0.2) is 15.8 Å². The largest absolute Gasteiger partial charge is 0.357 e. The summed E-state index contributed by atoms with van der Waals surface area (Å²) in [6.45, 7) is 9.64. The Hall–Kier alpha value is -2.09. The van der Waals surface area contributed by atoms with E-state index in [4.69, 9.17) is 0 Å². The average molecular weight is 378 g/mol. The van der Waals surface area contributed by atoms with Gasteiger partial charge in [-0.3, -0.25) is 0 Å². The van der Waals surface area contributed by atoms with Gasteiger partial charge in [-0.05, 0) is 45.4 Å². The first kappa shape index (κ1) is 18.7. The Morgan fingerprint density at radius 2 is 2.19 bits per heavy atom. The Morgan fingerprint density at radius 3 is 2.88 bits per heavy atom. The van der Waals surface area contributed by atoms with Crippen molar-refractivity contribution in [1.29, 1.82) is 0 Å². The second-order valence-electron chi connectivity index (χ2n) is 7.37. The molecule has 1 fully saturated rings. The molecule has 1 aromatic carbocycles. The summed E-state index contributed by atoms with van der Waals surface area (Å²) in [7, 11) is -3.07. The van der Waals surface area contributed by atoms with E-state index in [0.717, 1.165) is 29.4 Å². The summed E-state index contributed by atoms with van der Waals surface area (Å²) < 4.78 is 23.7. The Balaban J connectivity index is 1.80. The highest BCUT2D eigenvalue weighted by Crippen LogP contribution is 2.24. The van der Waals surface area contributed by atoms with Crippen LogP contribution in [0.4, 0.5) is 0 Å². The van der Waals surface area contributed by atoms with Gasteiger partial charge in [0, 0.05) is 19.6 Å². The van der Waals surface area contributed by atoms with E-state index < -0.39 is 14.6 Å². The van der Waals surface area contributed by atoms with Gasteiger partial charge in [0.05, 0.1) is 21.5 Å². The summed E-state index contributed by atoms with van der Waals surface area (Å²) in [5.74, 6) is 1.67. The maximum absolute atomic E-state index is 12.2. The predicted octanol–water partition coefficient (Wildman–Crippen LogP) is 1.85. The zero-order valence-electron chi connectivity index (χ0n) is 15.8. The third-order valence-electron chi connectivity index (χ3n) is 4.74. The average Bonchev–Trinajstić information content (AvgIpc) is 2.96. The highest BCUT2D eigenvalue weighted by atomic mass is 32.2. The number of hydrogen-bond donors (Lipinski definition) is 2. The number of aliphatic imine (C=N–C) groups is 1. The number of rotatable bonds is 3. The fourth-order valence-corrected chi connectivity index (χ4v) is 4.52. The van der Waals surface area contributed by atoms with E-state index in [1.807, 2.05) is 30.9 Å². The summed E-state index contributed by atoms with van der Waals surface area (Å²) in [5.41, 5.74) is 3.11. The SMILES string of the molecule is CCNC(=NCc1nc2ccc(C)cc2[nH]1)N1CCS(=O)(=O)C(C)(C)C1. The molecule has 1 aromatic heterocycles. The molecule has 3 rings (SSSR count). The van der Waals surface area contributed by atoms with Crippen LogP contribution < -0.4 is 5.32 Å². The first-order valence-electron chi connectivity index (χ1n) is 8.93. The normalized spacial score (nSPS) is 19.7. The van der Waals surface area contributed by atoms with Crippen LogP contribution in [-0.2, 0) is 16.4 Å². The van der Waals surface area contributed by atoms with E-state index in [1.165, 1.54) is 5.56 Å². The summed E-state index contributed by atoms with van der Waals surface area (Å²) >= 11 is 0. The summed E-state index contributed by atoms with van der Waals surface area (Å²) in [6, 6.07) is 6.10. The molecule has 2 aromatic rings. The van der Waals surface area contributed by atoms with Crippen molar-refractivity contribution in [3.8, 4) is 0 Å². The van der Waals surface area contributed by atoms with Gasteiger partial charge in [-0.25, -0.2) is 18.4 Å². The van der Waals surface area contributed by atoms with Crippen LogP contribution in [0.15, 0.2) is 23.2 Å². The Morgan fingerprint density at radius 1 is 1.42 bits per heavy atom. The number of fused-ring (bicyclic) bond motifs is 1. The molecule has 142 valence electrons. The van der Waals surface area contributed by atoms with E-state index >= 15 is 0 Å². The van der Waals surface area contributed by atoms with Crippen molar-refractivity contribution in [2.45, 2.75) is 39.0 Å². The van der Waals surface area contributed by atoms with Gasteiger partial charge in [-0.2, -0.15) is 0 Å². The van der Waals surface area contributed by atoms with Gasteiger partial charge < -0.3 is 15.2 Å². The van der Waals surface area contributed by atoms with Crippen molar-refractivity contribution in [3.63, 3.8) is 0 Å². The Bertz CT molecular complexity index is 930. The first-order valence-corrected chi connectivity index (χ1v) is 10.6. The summed E-state index contributed by atoms with van der Waals surface area (Å²) in [4.78, 5) is 14.6. The predicted molar refractivity (Wildman–Crippen MR) is 105 cm³/mol. The van der Waals surface area contributed by atoms with Gasteiger partial charge in [0.2, 0.25) is 0 Å². The van der Waals surface area contributed by atoms with Crippen LogP contribution in [0, 0.1) is 6.92 Å². The number of aromatic nitrogens is 2. The van der Waals surface area contributed by atoms with Crippen LogP contribution in [0.3, 0.4) is 0 Å². The lowest BCUT2D eigenvalue weighted by Crippen LogP contribution is -2.57. The van der Waals surface area contributed by atoms with Crippen LogP contribution in [-0.4, -0.2) is 59.4 Å². The number of benzene rings is 1. The monoisotopic (exact) mass is 377 g/mol. The number of H-pyrrole nitrogens is 1. The number of nitrogens with one attached hydrogen (secondary N) is 2. The zero-order valence-corrected chi connectivity index (χ0v) is 16.7. The standard InChI is InChI=1S/C18H27N5O2S/c1-5-19-17(23-8-9-26(24,25)18(3,4)12-23)20-11-16-21-14-7-6-13(2)10-15(14)22-16/h6-7,10H,5,8-9,11-12H2,1-4H3,(H,19,20)(H,21,22). The van der Waals surface area contributed by atoms with Gasteiger partial charge >= 0.3 is 0 Å².